The second kappa shape index (κ2) is 16.8. The van der Waals surface area contributed by atoms with Gasteiger partial charge >= 0.3 is 5.97 Å². The normalized spacial score (nSPS) is 28.5. The topological polar surface area (TPSA) is 83.5 Å². The van der Waals surface area contributed by atoms with Crippen LogP contribution in [0.1, 0.15) is 39.0 Å². The second-order valence-corrected chi connectivity index (χ2v) is 8.13. The number of carbonyl (C=O) groups is 1. The van der Waals surface area contributed by atoms with E-state index in [4.69, 9.17) is 23.7 Å². The molecule has 0 radical (unpaired) electrons. The number of aliphatic hydroxyl groups is 1. The van der Waals surface area contributed by atoms with Gasteiger partial charge in [0, 0.05) is 20.6 Å². The Labute approximate surface area is 192 Å². The number of aliphatic hydroxyl groups excluding tert-OH is 1. The molecule has 7 nitrogen and oxygen atoms in total. The summed E-state index contributed by atoms with van der Waals surface area (Å²) in [6, 6.07) is 0. The lowest BCUT2D eigenvalue weighted by Crippen LogP contribution is -2.32. The summed E-state index contributed by atoms with van der Waals surface area (Å²) in [5.74, 6) is -0.197. The van der Waals surface area contributed by atoms with Crippen molar-refractivity contribution < 1.29 is 33.6 Å². The van der Waals surface area contributed by atoms with Gasteiger partial charge in [-0.2, -0.15) is 0 Å². The molecule has 1 N–H and O–H groups in total. The van der Waals surface area contributed by atoms with Crippen molar-refractivity contribution >= 4 is 5.97 Å². The SMILES string of the molecule is C=CC[C@H]1CC(C)CC(=C)CC(OCOC)/C=C/CC(C(O)/C=C/COC)OC(=O)CO1. The lowest BCUT2D eigenvalue weighted by atomic mass is 9.92. The third kappa shape index (κ3) is 12.3. The van der Waals surface area contributed by atoms with Gasteiger partial charge in [-0.15, -0.1) is 6.58 Å². The number of rotatable bonds is 9. The molecule has 0 saturated carbocycles. The third-order valence-corrected chi connectivity index (χ3v) is 5.04. The van der Waals surface area contributed by atoms with Crippen molar-refractivity contribution in [2.45, 2.75) is 63.4 Å². The zero-order chi connectivity index (χ0) is 23.8. The van der Waals surface area contributed by atoms with E-state index in [1.54, 1.807) is 32.4 Å². The van der Waals surface area contributed by atoms with Crippen LogP contribution in [0, 0.1) is 5.92 Å². The first kappa shape index (κ1) is 28.3. The predicted octanol–water partition coefficient (Wildman–Crippen LogP) is 3.73. The fourth-order valence-corrected chi connectivity index (χ4v) is 3.57. The van der Waals surface area contributed by atoms with Gasteiger partial charge < -0.3 is 28.8 Å². The standard InChI is InChI=1S/C25H40O7/c1-6-9-21-15-19(2)14-20(3)16-22(31-18-29-5)10-7-12-24(32-25(27)17-30-21)23(26)11-8-13-28-4/h6-8,10-11,19,21-24,26H,1,3,9,12-18H2,2,4-5H3/b10-7+,11-8+/t19?,21-,22?,23?,24?/m0/s1. The van der Waals surface area contributed by atoms with Gasteiger partial charge in [-0.1, -0.05) is 49.5 Å². The van der Waals surface area contributed by atoms with Gasteiger partial charge in [0.05, 0.1) is 18.8 Å². The molecule has 1 rings (SSSR count). The minimum absolute atomic E-state index is 0.142. The number of ether oxygens (including phenoxy) is 5. The van der Waals surface area contributed by atoms with Gasteiger partial charge in [0.15, 0.2) is 0 Å². The number of cyclic esters (lactones) is 1. The highest BCUT2D eigenvalue weighted by atomic mass is 16.7. The third-order valence-electron chi connectivity index (χ3n) is 5.04. The minimum atomic E-state index is -0.980. The summed E-state index contributed by atoms with van der Waals surface area (Å²) in [4.78, 5) is 12.4. The van der Waals surface area contributed by atoms with Crippen LogP contribution in [0.15, 0.2) is 49.1 Å². The zero-order valence-electron chi connectivity index (χ0n) is 19.7. The molecule has 0 aromatic rings. The molecule has 0 spiro atoms. The average molecular weight is 453 g/mol. The first-order chi connectivity index (χ1) is 15.4. The highest BCUT2D eigenvalue weighted by molar-refractivity contribution is 5.71. The summed E-state index contributed by atoms with van der Waals surface area (Å²) >= 11 is 0. The zero-order valence-corrected chi connectivity index (χ0v) is 19.7. The largest absolute Gasteiger partial charge is 0.457 e. The number of hydrogen-bond acceptors (Lipinski definition) is 7. The Morgan fingerprint density at radius 3 is 2.78 bits per heavy atom. The summed E-state index contributed by atoms with van der Waals surface area (Å²) in [7, 11) is 3.14. The van der Waals surface area contributed by atoms with Crippen molar-refractivity contribution in [3.05, 3.63) is 49.1 Å². The monoisotopic (exact) mass is 452 g/mol. The Morgan fingerprint density at radius 2 is 2.09 bits per heavy atom. The Morgan fingerprint density at radius 1 is 1.31 bits per heavy atom. The molecule has 0 aliphatic carbocycles. The van der Waals surface area contributed by atoms with E-state index in [1.807, 2.05) is 12.2 Å². The van der Waals surface area contributed by atoms with Crippen LogP contribution >= 0.6 is 0 Å². The Hall–Kier alpha value is -1.77. The molecule has 32 heavy (non-hydrogen) atoms. The summed E-state index contributed by atoms with van der Waals surface area (Å²) in [6.07, 6.45) is 9.88. The van der Waals surface area contributed by atoms with Gasteiger partial charge in [-0.05, 0) is 31.6 Å². The van der Waals surface area contributed by atoms with Crippen molar-refractivity contribution in [2.75, 3.05) is 34.2 Å². The highest BCUT2D eigenvalue weighted by Gasteiger charge is 2.23. The van der Waals surface area contributed by atoms with E-state index in [9.17, 15) is 9.90 Å². The van der Waals surface area contributed by atoms with Crippen LogP contribution in [0.25, 0.3) is 0 Å². The fourth-order valence-electron chi connectivity index (χ4n) is 3.57. The first-order valence-corrected chi connectivity index (χ1v) is 11.1. The van der Waals surface area contributed by atoms with Crippen LogP contribution in [0.2, 0.25) is 0 Å². The van der Waals surface area contributed by atoms with E-state index < -0.39 is 18.2 Å². The molecule has 5 atom stereocenters. The maximum absolute atomic E-state index is 12.4. The fraction of sp³-hybridized carbons (Fsp3) is 0.640. The van der Waals surface area contributed by atoms with Crippen LogP contribution < -0.4 is 0 Å². The van der Waals surface area contributed by atoms with E-state index >= 15 is 0 Å². The number of carbonyl (C=O) groups excluding carboxylic acids is 1. The quantitative estimate of drug-likeness (QED) is 0.324. The van der Waals surface area contributed by atoms with E-state index in [2.05, 4.69) is 20.1 Å². The maximum Gasteiger partial charge on any atom is 0.332 e. The van der Waals surface area contributed by atoms with E-state index in [-0.39, 0.29) is 25.6 Å². The van der Waals surface area contributed by atoms with Crippen molar-refractivity contribution in [1.29, 1.82) is 0 Å². The Bertz CT molecular complexity index is 613. The van der Waals surface area contributed by atoms with Crippen molar-refractivity contribution in [3.63, 3.8) is 0 Å². The molecule has 0 saturated heterocycles. The minimum Gasteiger partial charge on any atom is -0.457 e. The van der Waals surface area contributed by atoms with Gasteiger partial charge in [-0.3, -0.25) is 0 Å². The van der Waals surface area contributed by atoms with Gasteiger partial charge in [0.25, 0.3) is 0 Å². The van der Waals surface area contributed by atoms with Crippen LogP contribution in [0.5, 0.6) is 0 Å². The molecular formula is C25H40O7. The van der Waals surface area contributed by atoms with Crippen molar-refractivity contribution in [2.24, 2.45) is 5.92 Å². The van der Waals surface area contributed by atoms with Crippen LogP contribution in [0.3, 0.4) is 0 Å². The molecular weight excluding hydrogens is 412 g/mol. The Balaban J connectivity index is 3.03. The first-order valence-electron chi connectivity index (χ1n) is 11.1. The van der Waals surface area contributed by atoms with Crippen LogP contribution in [-0.4, -0.2) is 69.7 Å². The average Bonchev–Trinajstić information content (AvgIpc) is 2.74. The van der Waals surface area contributed by atoms with Gasteiger partial charge in [0.1, 0.15) is 25.6 Å². The highest BCUT2D eigenvalue weighted by Crippen LogP contribution is 2.23. The van der Waals surface area contributed by atoms with Gasteiger partial charge in [-0.25, -0.2) is 4.79 Å². The van der Waals surface area contributed by atoms with Crippen molar-refractivity contribution in [3.8, 4) is 0 Å². The molecule has 1 aliphatic rings. The number of hydrogen-bond donors (Lipinski definition) is 1. The summed E-state index contributed by atoms with van der Waals surface area (Å²) in [6.45, 7) is 10.5. The van der Waals surface area contributed by atoms with Crippen LogP contribution in [-0.2, 0) is 28.5 Å². The molecule has 182 valence electrons. The molecule has 1 aliphatic heterocycles. The van der Waals surface area contributed by atoms with E-state index in [0.29, 0.717) is 31.8 Å². The molecule has 7 heteroatoms. The number of esters is 1. The molecule has 0 amide bonds. The van der Waals surface area contributed by atoms with Crippen LogP contribution in [0.4, 0.5) is 0 Å². The predicted molar refractivity (Wildman–Crippen MR) is 124 cm³/mol. The Kier molecular flexibility index (Phi) is 14.8. The summed E-state index contributed by atoms with van der Waals surface area (Å²) < 4.78 is 27.2. The molecule has 0 aromatic heterocycles. The summed E-state index contributed by atoms with van der Waals surface area (Å²) in [5.41, 5.74) is 1.07. The van der Waals surface area contributed by atoms with Crippen molar-refractivity contribution in [1.82, 2.24) is 0 Å². The summed E-state index contributed by atoms with van der Waals surface area (Å²) in [5, 5.41) is 10.5. The maximum atomic E-state index is 12.4. The smallest absolute Gasteiger partial charge is 0.332 e. The lowest BCUT2D eigenvalue weighted by molar-refractivity contribution is -0.160. The van der Waals surface area contributed by atoms with E-state index in [0.717, 1.165) is 18.4 Å². The second-order valence-electron chi connectivity index (χ2n) is 8.13. The molecule has 0 aromatic carbocycles. The number of methoxy groups -OCH3 is 2. The molecule has 4 unspecified atom stereocenters. The molecule has 0 fully saturated rings. The molecule has 1 heterocycles. The lowest BCUT2D eigenvalue weighted by Gasteiger charge is -2.23. The van der Waals surface area contributed by atoms with Gasteiger partial charge in [0.2, 0.25) is 0 Å². The molecule has 0 bridgehead atoms. The van der Waals surface area contributed by atoms with E-state index in [1.165, 1.54) is 0 Å².